The van der Waals surface area contributed by atoms with Crippen LogP contribution >= 0.6 is 23.5 Å². The van der Waals surface area contributed by atoms with Crippen molar-refractivity contribution in [3.63, 3.8) is 0 Å². The maximum absolute atomic E-state index is 13.5. The van der Waals surface area contributed by atoms with Gasteiger partial charge in [0.15, 0.2) is 5.65 Å². The summed E-state index contributed by atoms with van der Waals surface area (Å²) in [6.07, 6.45) is 2.04. The lowest BCUT2D eigenvalue weighted by atomic mass is 10.1. The van der Waals surface area contributed by atoms with Gasteiger partial charge in [-0.15, -0.1) is 0 Å². The van der Waals surface area contributed by atoms with Crippen molar-refractivity contribution in [2.45, 2.75) is 17.2 Å². The van der Waals surface area contributed by atoms with E-state index in [0.717, 1.165) is 16.3 Å². The Morgan fingerprint density at radius 3 is 2.58 bits per heavy atom. The highest BCUT2D eigenvalue weighted by atomic mass is 35.5. The normalized spacial score (nSPS) is 13.6. The van der Waals surface area contributed by atoms with Gasteiger partial charge in [-0.25, -0.2) is 9.29 Å². The van der Waals surface area contributed by atoms with Crippen molar-refractivity contribution in [2.75, 3.05) is 7.05 Å². The molecule has 9 heteroatoms. The van der Waals surface area contributed by atoms with Crippen molar-refractivity contribution in [1.82, 2.24) is 18.7 Å². The fraction of sp³-hybridized carbons (Fsp3) is 0.200. The standard InChI is InChI=1S/C15H12ClF3N4S/c1-22(24-13-9-23-7-6-20-8-12(23)21-13)14(15(17,18)19)10-2-4-11(16)5-3-10/h2-9,14H,1H3/t14-/m1/s1. The summed E-state index contributed by atoms with van der Waals surface area (Å²) in [6, 6.07) is 3.88. The summed E-state index contributed by atoms with van der Waals surface area (Å²) in [6.45, 7) is 0. The van der Waals surface area contributed by atoms with E-state index in [0.29, 0.717) is 15.7 Å². The maximum atomic E-state index is 13.5. The molecule has 3 aromatic rings. The number of imidazole rings is 1. The Morgan fingerprint density at radius 1 is 1.25 bits per heavy atom. The Balaban J connectivity index is 1.88. The molecule has 0 saturated carbocycles. The fourth-order valence-corrected chi connectivity index (χ4v) is 3.38. The Hall–Kier alpha value is -1.77. The molecule has 0 spiro atoms. The molecule has 0 saturated heterocycles. The third-order valence-corrected chi connectivity index (χ3v) is 4.47. The highest BCUT2D eigenvalue weighted by molar-refractivity contribution is 7.97. The Morgan fingerprint density at radius 2 is 1.96 bits per heavy atom. The van der Waals surface area contributed by atoms with Gasteiger partial charge in [0.1, 0.15) is 11.1 Å². The van der Waals surface area contributed by atoms with Crippen molar-refractivity contribution in [3.8, 4) is 0 Å². The number of alkyl halides is 3. The molecule has 0 aliphatic rings. The number of hydrogen-bond acceptors (Lipinski definition) is 4. The minimum atomic E-state index is -4.43. The summed E-state index contributed by atoms with van der Waals surface area (Å²) in [5, 5.41) is 0.844. The van der Waals surface area contributed by atoms with E-state index in [1.807, 2.05) is 0 Å². The van der Waals surface area contributed by atoms with Crippen LogP contribution in [0.4, 0.5) is 13.2 Å². The number of halogens is 4. The first-order valence-electron chi connectivity index (χ1n) is 6.86. The van der Waals surface area contributed by atoms with Crippen LogP contribution in [-0.4, -0.2) is 31.9 Å². The van der Waals surface area contributed by atoms with Gasteiger partial charge >= 0.3 is 6.18 Å². The molecule has 0 fully saturated rings. The number of fused-ring (bicyclic) bond motifs is 1. The molecule has 24 heavy (non-hydrogen) atoms. The Bertz CT molecular complexity index is 802. The van der Waals surface area contributed by atoms with E-state index >= 15 is 0 Å². The molecule has 2 heterocycles. The van der Waals surface area contributed by atoms with Crippen LogP contribution in [0.1, 0.15) is 11.6 Å². The van der Waals surface area contributed by atoms with Crippen LogP contribution in [0, 0.1) is 0 Å². The molecule has 0 aliphatic heterocycles. The van der Waals surface area contributed by atoms with Gasteiger partial charge in [0, 0.05) is 23.6 Å². The highest BCUT2D eigenvalue weighted by Gasteiger charge is 2.44. The van der Waals surface area contributed by atoms with Crippen LogP contribution in [0.3, 0.4) is 0 Å². The third-order valence-electron chi connectivity index (χ3n) is 3.34. The van der Waals surface area contributed by atoms with Crippen molar-refractivity contribution in [3.05, 3.63) is 59.6 Å². The average molecular weight is 373 g/mol. The minimum absolute atomic E-state index is 0.118. The zero-order valence-corrected chi connectivity index (χ0v) is 14.0. The van der Waals surface area contributed by atoms with E-state index in [2.05, 4.69) is 9.97 Å². The largest absolute Gasteiger partial charge is 0.408 e. The number of nitrogens with zero attached hydrogens (tertiary/aromatic N) is 4. The molecule has 0 amide bonds. The summed E-state index contributed by atoms with van der Waals surface area (Å²) in [5.41, 5.74) is 0.691. The molecular formula is C15H12ClF3N4S. The monoisotopic (exact) mass is 372 g/mol. The SMILES string of the molecule is CN(Sc1cn2ccncc2n1)[C@H](c1ccc(Cl)cc1)C(F)(F)F. The van der Waals surface area contributed by atoms with Gasteiger partial charge in [0.2, 0.25) is 0 Å². The van der Waals surface area contributed by atoms with Crippen molar-refractivity contribution in [1.29, 1.82) is 0 Å². The molecule has 0 aliphatic carbocycles. The zero-order chi connectivity index (χ0) is 17.3. The molecule has 2 aromatic heterocycles. The average Bonchev–Trinajstić information content (AvgIpc) is 2.90. The van der Waals surface area contributed by atoms with Crippen LogP contribution < -0.4 is 0 Å². The van der Waals surface area contributed by atoms with E-state index in [1.54, 1.807) is 29.2 Å². The lowest BCUT2D eigenvalue weighted by Crippen LogP contribution is -2.31. The van der Waals surface area contributed by atoms with Crippen LogP contribution in [0.2, 0.25) is 5.02 Å². The molecule has 4 nitrogen and oxygen atoms in total. The van der Waals surface area contributed by atoms with Gasteiger partial charge in [-0.3, -0.25) is 4.98 Å². The first-order valence-corrected chi connectivity index (χ1v) is 8.01. The fourth-order valence-electron chi connectivity index (χ4n) is 2.31. The minimum Gasteiger partial charge on any atom is -0.303 e. The van der Waals surface area contributed by atoms with E-state index in [9.17, 15) is 13.2 Å². The van der Waals surface area contributed by atoms with Gasteiger partial charge in [0.25, 0.3) is 0 Å². The quantitative estimate of drug-likeness (QED) is 0.625. The van der Waals surface area contributed by atoms with Gasteiger partial charge in [-0.1, -0.05) is 23.7 Å². The van der Waals surface area contributed by atoms with Crippen molar-refractivity contribution in [2.24, 2.45) is 0 Å². The molecule has 0 unspecified atom stereocenters. The molecule has 0 radical (unpaired) electrons. The molecular weight excluding hydrogens is 361 g/mol. The second kappa shape index (κ2) is 6.62. The lowest BCUT2D eigenvalue weighted by Gasteiger charge is -2.28. The van der Waals surface area contributed by atoms with Gasteiger partial charge < -0.3 is 4.40 Å². The van der Waals surface area contributed by atoms with Crippen LogP contribution in [0.15, 0.2) is 54.1 Å². The van der Waals surface area contributed by atoms with Gasteiger partial charge in [0.05, 0.1) is 6.20 Å². The smallest absolute Gasteiger partial charge is 0.303 e. The number of benzene rings is 1. The van der Waals surface area contributed by atoms with E-state index in [1.165, 1.54) is 31.3 Å². The van der Waals surface area contributed by atoms with Crippen LogP contribution in [-0.2, 0) is 0 Å². The van der Waals surface area contributed by atoms with E-state index < -0.39 is 12.2 Å². The molecule has 0 bridgehead atoms. The first kappa shape index (κ1) is 17.1. The van der Waals surface area contributed by atoms with Crippen molar-refractivity contribution >= 4 is 29.2 Å². The molecule has 3 rings (SSSR count). The summed E-state index contributed by atoms with van der Waals surface area (Å²) < 4.78 is 43.5. The zero-order valence-electron chi connectivity index (χ0n) is 12.4. The number of rotatable bonds is 4. The maximum Gasteiger partial charge on any atom is 0.408 e. The number of hydrogen-bond donors (Lipinski definition) is 0. The highest BCUT2D eigenvalue weighted by Crippen LogP contribution is 2.41. The summed E-state index contributed by atoms with van der Waals surface area (Å²) >= 11 is 6.69. The number of aromatic nitrogens is 3. The lowest BCUT2D eigenvalue weighted by molar-refractivity contribution is -0.169. The second-order valence-electron chi connectivity index (χ2n) is 5.05. The molecule has 126 valence electrons. The van der Waals surface area contributed by atoms with E-state index in [-0.39, 0.29) is 5.56 Å². The summed E-state index contributed by atoms with van der Waals surface area (Å²) in [4.78, 5) is 8.20. The predicted octanol–water partition coefficient (Wildman–Crippen LogP) is 4.63. The topological polar surface area (TPSA) is 33.4 Å². The first-order chi connectivity index (χ1) is 11.3. The summed E-state index contributed by atoms with van der Waals surface area (Å²) in [7, 11) is 1.39. The molecule has 0 N–H and O–H groups in total. The van der Waals surface area contributed by atoms with Crippen LogP contribution in [0.5, 0.6) is 0 Å². The Kier molecular flexibility index (Phi) is 4.71. The predicted molar refractivity (Wildman–Crippen MR) is 86.9 cm³/mol. The second-order valence-corrected chi connectivity index (χ2v) is 6.67. The van der Waals surface area contributed by atoms with Gasteiger partial charge in [-0.2, -0.15) is 13.2 Å². The van der Waals surface area contributed by atoms with Crippen molar-refractivity contribution < 1.29 is 13.2 Å². The van der Waals surface area contributed by atoms with Gasteiger partial charge in [-0.05, 0) is 36.7 Å². The van der Waals surface area contributed by atoms with E-state index in [4.69, 9.17) is 11.6 Å². The Labute approximate surface area is 145 Å². The summed E-state index contributed by atoms with van der Waals surface area (Å²) in [5.74, 6) is 0. The molecule has 1 atom stereocenters. The molecule has 1 aromatic carbocycles. The third kappa shape index (κ3) is 3.66. The van der Waals surface area contributed by atoms with Crippen LogP contribution in [0.25, 0.3) is 5.65 Å².